The summed E-state index contributed by atoms with van der Waals surface area (Å²) in [5.41, 5.74) is 0.670. The molecule has 1 heterocycles. The summed E-state index contributed by atoms with van der Waals surface area (Å²) < 4.78 is 0. The Morgan fingerprint density at radius 2 is 1.88 bits per heavy atom. The number of nitrogens with one attached hydrogen (secondary N) is 1. The summed E-state index contributed by atoms with van der Waals surface area (Å²) in [6.07, 6.45) is 0.225. The van der Waals surface area contributed by atoms with Gasteiger partial charge in [-0.05, 0) is 24.3 Å². The van der Waals surface area contributed by atoms with Gasteiger partial charge in [-0.2, -0.15) is 0 Å². The van der Waals surface area contributed by atoms with Crippen LogP contribution in [0, 0.1) is 5.92 Å². The summed E-state index contributed by atoms with van der Waals surface area (Å²) in [5.74, 6) is 0.332. The van der Waals surface area contributed by atoms with Crippen LogP contribution in [0.2, 0.25) is 5.02 Å². The topological polar surface area (TPSA) is 49.4 Å². The van der Waals surface area contributed by atoms with Gasteiger partial charge in [0.2, 0.25) is 11.8 Å². The molecule has 25 heavy (non-hydrogen) atoms. The second-order valence-corrected chi connectivity index (χ2v) is 7.38. The molecule has 1 aliphatic rings. The normalized spacial score (nSPS) is 16.9. The van der Waals surface area contributed by atoms with Crippen LogP contribution in [0.1, 0.15) is 6.42 Å². The fraction of sp³-hybridized carbons (Fsp3) is 0.263. The van der Waals surface area contributed by atoms with E-state index in [1.807, 2.05) is 42.5 Å². The van der Waals surface area contributed by atoms with Gasteiger partial charge in [0.25, 0.3) is 0 Å². The maximum absolute atomic E-state index is 12.3. The molecule has 2 aromatic rings. The second-order valence-electron chi connectivity index (χ2n) is 5.81. The Hall–Kier alpha value is -1.98. The largest absolute Gasteiger partial charge is 0.355 e. The third-order valence-corrected chi connectivity index (χ3v) is 5.39. The maximum atomic E-state index is 12.3. The molecule has 0 radical (unpaired) electrons. The van der Waals surface area contributed by atoms with Crippen molar-refractivity contribution >= 4 is 40.9 Å². The summed E-state index contributed by atoms with van der Waals surface area (Å²) in [7, 11) is 0. The quantitative estimate of drug-likeness (QED) is 0.620. The molecule has 0 bridgehead atoms. The molecule has 1 N–H and O–H groups in total. The number of amides is 2. The van der Waals surface area contributed by atoms with Gasteiger partial charge in [0.05, 0.1) is 16.6 Å². The fourth-order valence-electron chi connectivity index (χ4n) is 2.79. The first-order valence-corrected chi connectivity index (χ1v) is 9.52. The molecule has 1 fully saturated rings. The van der Waals surface area contributed by atoms with Crippen LogP contribution in [0.25, 0.3) is 0 Å². The number of thioether (sulfide) groups is 1. The zero-order valence-corrected chi connectivity index (χ0v) is 15.2. The number of anilines is 1. The SMILES string of the molecule is O=C(NCCSc1ccccc1)[C@@H]1CC(=O)N(c2ccccc2Cl)C1. The van der Waals surface area contributed by atoms with Crippen molar-refractivity contribution in [2.75, 3.05) is 23.7 Å². The smallest absolute Gasteiger partial charge is 0.227 e. The van der Waals surface area contributed by atoms with Crippen LogP contribution in [0.3, 0.4) is 0 Å². The van der Waals surface area contributed by atoms with Gasteiger partial charge in [-0.3, -0.25) is 9.59 Å². The van der Waals surface area contributed by atoms with E-state index in [1.54, 1.807) is 28.8 Å². The van der Waals surface area contributed by atoms with Crippen LogP contribution in [-0.2, 0) is 9.59 Å². The van der Waals surface area contributed by atoms with Crippen molar-refractivity contribution in [1.82, 2.24) is 5.32 Å². The van der Waals surface area contributed by atoms with Gasteiger partial charge in [-0.25, -0.2) is 0 Å². The predicted molar refractivity (Wildman–Crippen MR) is 102 cm³/mol. The van der Waals surface area contributed by atoms with E-state index >= 15 is 0 Å². The number of nitrogens with zero attached hydrogens (tertiary/aromatic N) is 1. The van der Waals surface area contributed by atoms with E-state index in [0.717, 1.165) is 5.75 Å². The minimum absolute atomic E-state index is 0.0630. The van der Waals surface area contributed by atoms with Gasteiger partial charge in [0, 0.05) is 30.2 Å². The standard InChI is InChI=1S/C19H19ClN2O2S/c20-16-8-4-5-9-17(16)22-13-14(12-18(22)23)19(24)21-10-11-25-15-6-2-1-3-7-15/h1-9,14H,10-13H2,(H,21,24)/t14-/m1/s1. The summed E-state index contributed by atoms with van der Waals surface area (Å²) >= 11 is 7.86. The van der Waals surface area contributed by atoms with E-state index in [4.69, 9.17) is 11.6 Å². The number of benzene rings is 2. The van der Waals surface area contributed by atoms with Crippen molar-refractivity contribution in [3.05, 3.63) is 59.6 Å². The number of halogens is 1. The molecule has 130 valence electrons. The fourth-order valence-corrected chi connectivity index (χ4v) is 3.82. The van der Waals surface area contributed by atoms with Gasteiger partial charge < -0.3 is 10.2 Å². The molecule has 0 aliphatic carbocycles. The Labute approximate surface area is 156 Å². The summed E-state index contributed by atoms with van der Waals surface area (Å²) in [6, 6.07) is 17.3. The molecule has 1 aliphatic heterocycles. The number of rotatable bonds is 6. The Morgan fingerprint density at radius 3 is 2.64 bits per heavy atom. The van der Waals surface area contributed by atoms with Crippen molar-refractivity contribution in [2.24, 2.45) is 5.92 Å². The highest BCUT2D eigenvalue weighted by Gasteiger charge is 2.35. The third kappa shape index (κ3) is 4.55. The number of carbonyl (C=O) groups is 2. The van der Waals surface area contributed by atoms with E-state index in [1.165, 1.54) is 4.90 Å². The highest BCUT2D eigenvalue weighted by atomic mass is 35.5. The Morgan fingerprint density at radius 1 is 1.16 bits per heavy atom. The van der Waals surface area contributed by atoms with E-state index in [9.17, 15) is 9.59 Å². The van der Waals surface area contributed by atoms with Crippen LogP contribution in [-0.4, -0.2) is 30.7 Å². The van der Waals surface area contributed by atoms with Crippen molar-refractivity contribution < 1.29 is 9.59 Å². The number of hydrogen-bond acceptors (Lipinski definition) is 3. The Kier molecular flexibility index (Phi) is 6.00. The lowest BCUT2D eigenvalue weighted by Crippen LogP contribution is -2.34. The molecule has 0 aromatic heterocycles. The zero-order valence-electron chi connectivity index (χ0n) is 13.7. The second kappa shape index (κ2) is 8.41. The number of hydrogen-bond donors (Lipinski definition) is 1. The van der Waals surface area contributed by atoms with Crippen molar-refractivity contribution in [3.8, 4) is 0 Å². The van der Waals surface area contributed by atoms with Crippen LogP contribution in [0.5, 0.6) is 0 Å². The predicted octanol–water partition coefficient (Wildman–Crippen LogP) is 3.60. The van der Waals surface area contributed by atoms with Gasteiger partial charge in [-0.1, -0.05) is 41.9 Å². The first kappa shape index (κ1) is 17.8. The van der Waals surface area contributed by atoms with Crippen LogP contribution in [0.15, 0.2) is 59.5 Å². The molecule has 2 aromatic carbocycles. The lowest BCUT2D eigenvalue weighted by molar-refractivity contribution is -0.126. The van der Waals surface area contributed by atoms with E-state index in [2.05, 4.69) is 5.32 Å². The first-order valence-electron chi connectivity index (χ1n) is 8.15. The molecular formula is C19H19ClN2O2S. The summed E-state index contributed by atoms with van der Waals surface area (Å²) in [5, 5.41) is 3.45. The van der Waals surface area contributed by atoms with Crippen LogP contribution < -0.4 is 10.2 Å². The Bertz CT molecular complexity index is 754. The van der Waals surface area contributed by atoms with Gasteiger partial charge in [0.1, 0.15) is 0 Å². The van der Waals surface area contributed by atoms with Crippen molar-refractivity contribution in [2.45, 2.75) is 11.3 Å². The van der Waals surface area contributed by atoms with Gasteiger partial charge >= 0.3 is 0 Å². The van der Waals surface area contributed by atoms with Crippen LogP contribution in [0.4, 0.5) is 5.69 Å². The number of carbonyl (C=O) groups excluding carboxylic acids is 2. The molecule has 0 saturated carbocycles. The highest BCUT2D eigenvalue weighted by molar-refractivity contribution is 7.99. The lowest BCUT2D eigenvalue weighted by Gasteiger charge is -2.18. The average Bonchev–Trinajstić information content (AvgIpc) is 3.01. The molecule has 3 rings (SSSR count). The zero-order chi connectivity index (χ0) is 17.6. The molecule has 2 amide bonds. The molecule has 0 unspecified atom stereocenters. The Balaban J connectivity index is 1.49. The van der Waals surface area contributed by atoms with Crippen molar-refractivity contribution in [3.63, 3.8) is 0 Å². The molecule has 1 saturated heterocycles. The number of para-hydroxylation sites is 1. The molecule has 0 spiro atoms. The third-order valence-electron chi connectivity index (χ3n) is 4.05. The average molecular weight is 375 g/mol. The minimum atomic E-state index is -0.328. The molecule has 4 nitrogen and oxygen atoms in total. The maximum Gasteiger partial charge on any atom is 0.227 e. The van der Waals surface area contributed by atoms with Crippen LogP contribution >= 0.6 is 23.4 Å². The van der Waals surface area contributed by atoms with Gasteiger partial charge in [0.15, 0.2) is 0 Å². The lowest BCUT2D eigenvalue weighted by atomic mass is 10.1. The van der Waals surface area contributed by atoms with E-state index in [-0.39, 0.29) is 24.2 Å². The van der Waals surface area contributed by atoms with E-state index < -0.39 is 0 Å². The summed E-state index contributed by atoms with van der Waals surface area (Å²) in [4.78, 5) is 27.4. The first-order chi connectivity index (χ1) is 12.1. The molecular weight excluding hydrogens is 356 g/mol. The molecule has 1 atom stereocenters. The van der Waals surface area contributed by atoms with Gasteiger partial charge in [-0.15, -0.1) is 11.8 Å². The highest BCUT2D eigenvalue weighted by Crippen LogP contribution is 2.31. The monoisotopic (exact) mass is 374 g/mol. The minimum Gasteiger partial charge on any atom is -0.355 e. The van der Waals surface area contributed by atoms with Crippen molar-refractivity contribution in [1.29, 1.82) is 0 Å². The molecule has 6 heteroatoms. The summed E-state index contributed by atoms with van der Waals surface area (Å²) in [6.45, 7) is 0.954. The van der Waals surface area contributed by atoms with E-state index in [0.29, 0.717) is 23.8 Å².